The Kier molecular flexibility index (Phi) is 6.14. The van der Waals surface area contributed by atoms with E-state index in [9.17, 15) is 13.2 Å². The van der Waals surface area contributed by atoms with Gasteiger partial charge in [-0.05, 0) is 11.5 Å². The largest absolute Gasteiger partial charge is 0.395 e. The van der Waals surface area contributed by atoms with E-state index in [0.717, 1.165) is 10.1 Å². The summed E-state index contributed by atoms with van der Waals surface area (Å²) in [7, 11) is -0.581. The summed E-state index contributed by atoms with van der Waals surface area (Å²) in [5.41, 5.74) is 0.699. The summed E-state index contributed by atoms with van der Waals surface area (Å²) in [6.45, 7) is 0.659. The van der Waals surface area contributed by atoms with Gasteiger partial charge in [-0.15, -0.1) is 11.3 Å². The van der Waals surface area contributed by atoms with Gasteiger partial charge in [0.2, 0.25) is 0 Å². The molecule has 148 valence electrons. The van der Waals surface area contributed by atoms with Crippen molar-refractivity contribution < 1.29 is 23.1 Å². The van der Waals surface area contributed by atoms with Crippen molar-refractivity contribution in [2.75, 3.05) is 46.9 Å². The number of hydrogen-bond donors (Lipinski definition) is 2. The average Bonchev–Trinajstić information content (AvgIpc) is 3.05. The second kappa shape index (κ2) is 8.21. The number of nitrogens with zero attached hydrogens (tertiary/aromatic N) is 2. The lowest BCUT2D eigenvalue weighted by Crippen LogP contribution is -2.47. The molecule has 0 bridgehead atoms. The first-order valence-corrected chi connectivity index (χ1v) is 10.8. The molecule has 2 heterocycles. The highest BCUT2D eigenvalue weighted by Gasteiger charge is 2.35. The Labute approximate surface area is 162 Å². The second-order valence-corrected chi connectivity index (χ2v) is 9.52. The van der Waals surface area contributed by atoms with E-state index in [1.165, 1.54) is 34.0 Å². The smallest absolute Gasteiger partial charge is 0.281 e. The summed E-state index contributed by atoms with van der Waals surface area (Å²) in [4.78, 5) is 13.1. The minimum absolute atomic E-state index is 0.140. The molecule has 8 nitrogen and oxygen atoms in total. The molecule has 27 heavy (non-hydrogen) atoms. The van der Waals surface area contributed by atoms with Gasteiger partial charge in [0.25, 0.3) is 16.1 Å². The lowest BCUT2D eigenvalue weighted by atomic mass is 10.0. The number of carbonyl (C=O) groups is 1. The van der Waals surface area contributed by atoms with Gasteiger partial charge >= 0.3 is 0 Å². The van der Waals surface area contributed by atoms with Crippen molar-refractivity contribution >= 4 is 37.5 Å². The van der Waals surface area contributed by atoms with Crippen LogP contribution in [0.4, 0.5) is 0 Å². The van der Waals surface area contributed by atoms with Crippen molar-refractivity contribution in [2.24, 2.45) is 0 Å². The molecule has 3 rings (SSSR count). The normalized spacial score (nSPS) is 18.9. The third kappa shape index (κ3) is 4.00. The Morgan fingerprint density at radius 3 is 2.85 bits per heavy atom. The molecular weight excluding hydrogens is 390 g/mol. The molecule has 1 aromatic heterocycles. The maximum atomic E-state index is 12.6. The Hall–Kier alpha value is -1.56. The molecule has 1 aromatic carbocycles. The first-order valence-electron chi connectivity index (χ1n) is 8.56. The van der Waals surface area contributed by atoms with Crippen LogP contribution in [0.3, 0.4) is 0 Å². The molecule has 1 aliphatic heterocycles. The van der Waals surface area contributed by atoms with E-state index < -0.39 is 16.3 Å². The summed E-state index contributed by atoms with van der Waals surface area (Å²) in [5, 5.41) is 12.5. The van der Waals surface area contributed by atoms with Gasteiger partial charge in [0, 0.05) is 44.0 Å². The number of aliphatic hydroxyl groups is 1. The van der Waals surface area contributed by atoms with Crippen LogP contribution in [-0.2, 0) is 14.9 Å². The van der Waals surface area contributed by atoms with Gasteiger partial charge in [0.05, 0.1) is 24.2 Å². The van der Waals surface area contributed by atoms with Crippen LogP contribution in [0.1, 0.15) is 21.3 Å². The van der Waals surface area contributed by atoms with Crippen molar-refractivity contribution in [3.05, 3.63) is 34.7 Å². The maximum absolute atomic E-state index is 12.6. The Morgan fingerprint density at radius 2 is 2.15 bits per heavy atom. The third-order valence-corrected chi connectivity index (χ3v) is 7.47. The Balaban J connectivity index is 2.00. The minimum Gasteiger partial charge on any atom is -0.395 e. The zero-order chi connectivity index (χ0) is 19.6. The zero-order valence-corrected chi connectivity index (χ0v) is 16.8. The van der Waals surface area contributed by atoms with Gasteiger partial charge in [0.15, 0.2) is 0 Å². The number of amides is 1. The van der Waals surface area contributed by atoms with E-state index in [0.29, 0.717) is 10.4 Å². The van der Waals surface area contributed by atoms with E-state index in [2.05, 4.69) is 5.32 Å². The molecule has 0 spiro atoms. The van der Waals surface area contributed by atoms with Crippen LogP contribution in [0.15, 0.2) is 24.3 Å². The van der Waals surface area contributed by atoms with Crippen molar-refractivity contribution in [1.82, 2.24) is 13.9 Å². The standard InChI is InChI=1S/C17H23N3O5S2/c1-19(2)27(23,24)20-8-10-25-13(11-20)15-12-5-3-4-6-14(12)26-16(15)17(22)18-7-9-21/h3-6,13,21H,7-11H2,1-2H3,(H,18,22)/t13-/m0/s1. The summed E-state index contributed by atoms with van der Waals surface area (Å²) in [6, 6.07) is 7.60. The highest BCUT2D eigenvalue weighted by molar-refractivity contribution is 7.86. The first kappa shape index (κ1) is 20.2. The fourth-order valence-corrected chi connectivity index (χ4v) is 5.31. The van der Waals surface area contributed by atoms with Gasteiger partial charge in [-0.2, -0.15) is 17.0 Å². The second-order valence-electron chi connectivity index (χ2n) is 6.33. The Morgan fingerprint density at radius 1 is 1.41 bits per heavy atom. The highest BCUT2D eigenvalue weighted by Crippen LogP contribution is 2.38. The van der Waals surface area contributed by atoms with Crippen LogP contribution in [-0.4, -0.2) is 75.0 Å². The predicted octanol–water partition coefficient (Wildman–Crippen LogP) is 0.803. The SMILES string of the molecule is CN(C)S(=O)(=O)N1CCO[C@H](c2c(C(=O)NCCO)sc3ccccc23)C1. The molecule has 1 aliphatic rings. The molecule has 1 fully saturated rings. The number of rotatable bonds is 6. The van der Waals surface area contributed by atoms with E-state index >= 15 is 0 Å². The van der Waals surface area contributed by atoms with Gasteiger partial charge in [0.1, 0.15) is 0 Å². The molecule has 0 saturated carbocycles. The van der Waals surface area contributed by atoms with Gasteiger partial charge in [-0.25, -0.2) is 0 Å². The number of morpholine rings is 1. The number of aliphatic hydroxyl groups excluding tert-OH is 1. The summed E-state index contributed by atoms with van der Waals surface area (Å²) in [5.74, 6) is -0.295. The lowest BCUT2D eigenvalue weighted by Gasteiger charge is -2.34. The quantitative estimate of drug-likeness (QED) is 0.730. The molecule has 2 aromatic rings. The van der Waals surface area contributed by atoms with Crippen LogP contribution in [0.2, 0.25) is 0 Å². The topological polar surface area (TPSA) is 99.2 Å². The van der Waals surface area contributed by atoms with Crippen molar-refractivity contribution in [1.29, 1.82) is 0 Å². The minimum atomic E-state index is -3.57. The highest BCUT2D eigenvalue weighted by atomic mass is 32.2. The van der Waals surface area contributed by atoms with E-state index in [4.69, 9.17) is 9.84 Å². The van der Waals surface area contributed by atoms with Gasteiger partial charge < -0.3 is 15.2 Å². The number of fused-ring (bicyclic) bond motifs is 1. The number of carbonyl (C=O) groups excluding carboxylic acids is 1. The van der Waals surface area contributed by atoms with E-state index in [1.54, 1.807) is 0 Å². The number of nitrogens with one attached hydrogen (secondary N) is 1. The van der Waals surface area contributed by atoms with Crippen molar-refractivity contribution in [2.45, 2.75) is 6.10 Å². The molecule has 1 amide bonds. The fraction of sp³-hybridized carbons (Fsp3) is 0.471. The van der Waals surface area contributed by atoms with Gasteiger partial charge in [-0.1, -0.05) is 18.2 Å². The molecule has 1 atom stereocenters. The molecule has 0 unspecified atom stereocenters. The van der Waals surface area contributed by atoms with Crippen LogP contribution < -0.4 is 5.32 Å². The number of ether oxygens (including phenoxy) is 1. The van der Waals surface area contributed by atoms with Crippen LogP contribution in [0.5, 0.6) is 0 Å². The fourth-order valence-electron chi connectivity index (χ4n) is 3.04. The van der Waals surface area contributed by atoms with E-state index in [-0.39, 0.29) is 38.8 Å². The number of benzene rings is 1. The third-order valence-electron chi connectivity index (χ3n) is 4.38. The molecule has 0 radical (unpaired) electrons. The Bertz CT molecular complexity index is 926. The van der Waals surface area contributed by atoms with Crippen LogP contribution >= 0.6 is 11.3 Å². The number of hydrogen-bond acceptors (Lipinski definition) is 6. The molecule has 2 N–H and O–H groups in total. The average molecular weight is 414 g/mol. The summed E-state index contributed by atoms with van der Waals surface area (Å²) in [6.07, 6.45) is -0.542. The van der Waals surface area contributed by atoms with Crippen molar-refractivity contribution in [3.8, 4) is 0 Å². The number of thiophene rings is 1. The van der Waals surface area contributed by atoms with Gasteiger partial charge in [-0.3, -0.25) is 4.79 Å². The van der Waals surface area contributed by atoms with Crippen molar-refractivity contribution in [3.63, 3.8) is 0 Å². The first-order chi connectivity index (χ1) is 12.9. The molecule has 10 heteroatoms. The molecule has 1 saturated heterocycles. The summed E-state index contributed by atoms with van der Waals surface area (Å²) >= 11 is 1.34. The zero-order valence-electron chi connectivity index (χ0n) is 15.2. The molecular formula is C17H23N3O5S2. The van der Waals surface area contributed by atoms with E-state index in [1.807, 2.05) is 24.3 Å². The lowest BCUT2D eigenvalue weighted by molar-refractivity contribution is -0.00324. The summed E-state index contributed by atoms with van der Waals surface area (Å²) < 4.78 is 34.4. The molecule has 0 aliphatic carbocycles. The van der Waals surface area contributed by atoms with Crippen LogP contribution in [0, 0.1) is 0 Å². The predicted molar refractivity (Wildman–Crippen MR) is 104 cm³/mol. The monoisotopic (exact) mass is 413 g/mol. The maximum Gasteiger partial charge on any atom is 0.281 e. The van der Waals surface area contributed by atoms with Crippen LogP contribution in [0.25, 0.3) is 10.1 Å².